The second kappa shape index (κ2) is 8.06. The molecule has 0 bridgehead atoms. The number of fused-ring (bicyclic) bond motifs is 1. The first kappa shape index (κ1) is 20.6. The highest BCUT2D eigenvalue weighted by Gasteiger charge is 2.32. The molecule has 0 spiro atoms. The first-order chi connectivity index (χ1) is 13.2. The summed E-state index contributed by atoms with van der Waals surface area (Å²) in [5.74, 6) is 1.01. The second-order valence-corrected chi connectivity index (χ2v) is 8.11. The van der Waals surface area contributed by atoms with Gasteiger partial charge in [-0.2, -0.15) is 0 Å². The largest absolute Gasteiger partial charge is 0.479 e. The molecule has 0 saturated carbocycles. The van der Waals surface area contributed by atoms with Gasteiger partial charge in [0.25, 0.3) is 11.8 Å². The minimum atomic E-state index is -0.112. The van der Waals surface area contributed by atoms with Gasteiger partial charge in [-0.15, -0.1) is 5.10 Å². The van der Waals surface area contributed by atoms with Gasteiger partial charge >= 0.3 is 0 Å². The van der Waals surface area contributed by atoms with Gasteiger partial charge in [0.1, 0.15) is 0 Å². The quantitative estimate of drug-likeness (QED) is 0.729. The Morgan fingerprint density at radius 2 is 1.96 bits per heavy atom. The molecule has 2 N–H and O–H groups in total. The van der Waals surface area contributed by atoms with Crippen LogP contribution in [-0.4, -0.2) is 41.4 Å². The van der Waals surface area contributed by atoms with Crippen LogP contribution in [0.5, 0.6) is 0 Å². The lowest BCUT2D eigenvalue weighted by Gasteiger charge is -2.37. The van der Waals surface area contributed by atoms with Crippen LogP contribution in [0.25, 0.3) is 0 Å². The summed E-state index contributed by atoms with van der Waals surface area (Å²) in [6.45, 7) is 7.14. The van der Waals surface area contributed by atoms with E-state index in [2.05, 4.69) is 41.7 Å². The Morgan fingerprint density at radius 1 is 1.21 bits per heavy atom. The third kappa shape index (κ3) is 4.14. The van der Waals surface area contributed by atoms with Crippen LogP contribution in [0.15, 0.2) is 30.2 Å². The Labute approximate surface area is 174 Å². The van der Waals surface area contributed by atoms with Crippen molar-refractivity contribution < 1.29 is 9.47 Å². The normalized spacial score (nSPS) is 14.0. The van der Waals surface area contributed by atoms with Gasteiger partial charge in [0.2, 0.25) is 0 Å². The summed E-state index contributed by atoms with van der Waals surface area (Å²) in [5.41, 5.74) is 2.28. The molecule has 1 aromatic carbocycles. The Hall–Kier alpha value is -2.16. The van der Waals surface area contributed by atoms with E-state index >= 15 is 0 Å². The Kier molecular flexibility index (Phi) is 5.92. The Balaban J connectivity index is 2.15. The molecule has 2 aromatic rings. The molecule has 0 saturated heterocycles. The molecular weight excluding hydrogens is 403 g/mol. The van der Waals surface area contributed by atoms with E-state index in [4.69, 9.17) is 32.7 Å². The zero-order valence-electron chi connectivity index (χ0n) is 16.5. The molecule has 8 nitrogen and oxygen atoms in total. The van der Waals surface area contributed by atoms with E-state index in [-0.39, 0.29) is 5.54 Å². The van der Waals surface area contributed by atoms with Crippen molar-refractivity contribution in [2.24, 2.45) is 0 Å². The van der Waals surface area contributed by atoms with E-state index in [0.717, 1.165) is 16.9 Å². The van der Waals surface area contributed by atoms with Crippen molar-refractivity contribution in [2.45, 2.75) is 32.9 Å². The molecule has 1 aromatic heterocycles. The third-order valence-electron chi connectivity index (χ3n) is 4.20. The van der Waals surface area contributed by atoms with Crippen LogP contribution < -0.4 is 15.5 Å². The van der Waals surface area contributed by atoms with Crippen molar-refractivity contribution >= 4 is 34.6 Å². The second-order valence-electron chi connectivity index (χ2n) is 7.33. The number of ether oxygens (including phenoxy) is 2. The molecule has 3 rings (SSSR count). The lowest BCUT2D eigenvalue weighted by molar-refractivity contribution is 0.212. The van der Waals surface area contributed by atoms with E-state index in [1.807, 2.05) is 4.90 Å². The minimum absolute atomic E-state index is 0.112. The van der Waals surface area contributed by atoms with Crippen LogP contribution in [0.4, 0.5) is 11.4 Å². The number of anilines is 2. The molecule has 152 valence electrons. The van der Waals surface area contributed by atoms with Gasteiger partial charge in [-0.05, 0) is 26.8 Å². The average molecular weight is 427 g/mol. The van der Waals surface area contributed by atoms with Crippen LogP contribution >= 0.6 is 23.2 Å². The molecule has 0 fully saturated rings. The van der Waals surface area contributed by atoms with E-state index in [9.17, 15) is 0 Å². The smallest absolute Gasteiger partial charge is 0.257 e. The van der Waals surface area contributed by atoms with Crippen LogP contribution in [0, 0.1) is 0 Å². The van der Waals surface area contributed by atoms with E-state index < -0.39 is 0 Å². The third-order valence-corrected chi connectivity index (χ3v) is 5.03. The summed E-state index contributed by atoms with van der Waals surface area (Å²) >= 11 is 13.0. The molecule has 1 aliphatic heterocycles. The molecule has 0 radical (unpaired) electrons. The highest BCUT2D eigenvalue weighted by molar-refractivity contribution is 6.43. The predicted octanol–water partition coefficient (Wildman–Crippen LogP) is 3.63. The Morgan fingerprint density at radius 3 is 2.54 bits per heavy atom. The van der Waals surface area contributed by atoms with Gasteiger partial charge in [-0.25, -0.2) is 4.68 Å². The summed E-state index contributed by atoms with van der Waals surface area (Å²) in [5, 5.41) is 15.5. The molecule has 2 heterocycles. The van der Waals surface area contributed by atoms with Crippen molar-refractivity contribution in [2.75, 3.05) is 31.1 Å². The number of methoxy groups -OCH3 is 2. The van der Waals surface area contributed by atoms with Crippen LogP contribution in [0.2, 0.25) is 10.0 Å². The van der Waals surface area contributed by atoms with Crippen molar-refractivity contribution in [1.29, 1.82) is 0 Å². The van der Waals surface area contributed by atoms with Crippen molar-refractivity contribution in [3.63, 3.8) is 0 Å². The summed E-state index contributed by atoms with van der Waals surface area (Å²) in [4.78, 5) is 1.98. The molecule has 28 heavy (non-hydrogen) atoms. The van der Waals surface area contributed by atoms with Gasteiger partial charge in [-0.1, -0.05) is 28.4 Å². The average Bonchev–Trinajstić information content (AvgIpc) is 3.15. The summed E-state index contributed by atoms with van der Waals surface area (Å²) < 4.78 is 12.8. The number of nitrogens with zero attached hydrogens (tertiary/aromatic N) is 4. The number of aromatic nitrogens is 3. The Bertz CT molecular complexity index is 877. The molecule has 0 unspecified atom stereocenters. The molecule has 0 amide bonds. The van der Waals surface area contributed by atoms with Crippen LogP contribution in [0.3, 0.4) is 0 Å². The maximum Gasteiger partial charge on any atom is 0.257 e. The van der Waals surface area contributed by atoms with Gasteiger partial charge < -0.3 is 14.8 Å². The zero-order valence-corrected chi connectivity index (χ0v) is 18.0. The highest BCUT2D eigenvalue weighted by Crippen LogP contribution is 2.45. The minimum Gasteiger partial charge on any atom is -0.479 e. The molecule has 0 atom stereocenters. The van der Waals surface area contributed by atoms with Crippen LogP contribution in [0.1, 0.15) is 26.3 Å². The molecular formula is C18H24Cl2N6O2. The van der Waals surface area contributed by atoms with E-state index in [1.54, 1.807) is 37.4 Å². The van der Waals surface area contributed by atoms with E-state index in [0.29, 0.717) is 35.0 Å². The highest BCUT2D eigenvalue weighted by atomic mass is 35.5. The summed E-state index contributed by atoms with van der Waals surface area (Å²) in [7, 11) is 3.18. The topological polar surface area (TPSA) is 76.5 Å². The molecule has 1 aliphatic rings. The fourth-order valence-electron chi connectivity index (χ4n) is 2.90. The molecule has 0 aliphatic carbocycles. The lowest BCUT2D eigenvalue weighted by Crippen LogP contribution is -2.46. The fraction of sp³-hybridized carbons (Fsp3) is 0.444. The fourth-order valence-corrected chi connectivity index (χ4v) is 3.33. The number of halogens is 2. The van der Waals surface area contributed by atoms with E-state index in [1.165, 1.54) is 0 Å². The molecule has 10 heteroatoms. The summed E-state index contributed by atoms with van der Waals surface area (Å²) in [6.07, 6.45) is 3.39. The number of benzene rings is 1. The number of nitrogens with one attached hydrogen (secondary N) is 2. The zero-order chi connectivity index (χ0) is 20.5. The van der Waals surface area contributed by atoms with Crippen LogP contribution in [-0.2, 0) is 16.0 Å². The van der Waals surface area contributed by atoms with Gasteiger partial charge in [-0.3, -0.25) is 10.2 Å². The SMILES string of the molecule is COC1=C(OC)N(CNC(C)(C)C)c2c(cc(Cl)c(Cl)c2Cn2ccnn2)N1. The first-order valence-corrected chi connectivity index (χ1v) is 9.47. The van der Waals surface area contributed by atoms with Crippen molar-refractivity contribution in [3.05, 3.63) is 45.8 Å². The monoisotopic (exact) mass is 426 g/mol. The van der Waals surface area contributed by atoms with Gasteiger partial charge in [0.15, 0.2) is 0 Å². The van der Waals surface area contributed by atoms with Crippen molar-refractivity contribution in [3.8, 4) is 0 Å². The maximum atomic E-state index is 6.61. The lowest BCUT2D eigenvalue weighted by atomic mass is 10.1. The summed E-state index contributed by atoms with van der Waals surface area (Å²) in [6, 6.07) is 1.78. The number of rotatable bonds is 6. The number of hydrogen-bond donors (Lipinski definition) is 2. The maximum absolute atomic E-state index is 6.61. The van der Waals surface area contributed by atoms with Crippen molar-refractivity contribution in [1.82, 2.24) is 20.3 Å². The standard InChI is InChI=1S/C18H24Cl2N6O2/c1-18(2,3)21-10-26-15-11(9-25-7-6-22-24-25)14(20)12(19)8-13(15)23-16(27-4)17(26)28-5/h6-8,21,23H,9-10H2,1-5H3. The van der Waals surface area contributed by atoms with Gasteiger partial charge in [0, 0.05) is 17.3 Å². The first-order valence-electron chi connectivity index (χ1n) is 8.72. The van der Waals surface area contributed by atoms with Gasteiger partial charge in [0.05, 0.1) is 55.0 Å². The number of hydrogen-bond acceptors (Lipinski definition) is 7. The predicted molar refractivity (Wildman–Crippen MR) is 110 cm³/mol.